The van der Waals surface area contributed by atoms with Gasteiger partial charge in [0.25, 0.3) is 0 Å². The van der Waals surface area contributed by atoms with Gasteiger partial charge in [0.2, 0.25) is 11.4 Å². The Morgan fingerprint density at radius 3 is 2.11 bits per heavy atom. The van der Waals surface area contributed by atoms with Gasteiger partial charge in [-0.1, -0.05) is 72.4 Å². The fourth-order valence-electron chi connectivity index (χ4n) is 3.63. The van der Waals surface area contributed by atoms with Crippen molar-refractivity contribution in [1.29, 1.82) is 0 Å². The van der Waals surface area contributed by atoms with E-state index in [0.29, 0.717) is 0 Å². The normalized spacial score (nSPS) is 18.3. The smallest absolute Gasteiger partial charge is 0.225 e. The van der Waals surface area contributed by atoms with Crippen molar-refractivity contribution in [1.82, 2.24) is 0 Å². The minimum Gasteiger partial charge on any atom is -0.448 e. The Kier molecular flexibility index (Phi) is 3.95. The number of allylic oxidation sites excluding steroid dienone is 1. The van der Waals surface area contributed by atoms with E-state index in [1.807, 2.05) is 18.2 Å². The number of ether oxygens (including phenoxy) is 1. The number of thioether (sulfide) groups is 1. The van der Waals surface area contributed by atoms with Crippen molar-refractivity contribution in [2.24, 2.45) is 0 Å². The van der Waals surface area contributed by atoms with Gasteiger partial charge in [-0.05, 0) is 18.2 Å². The van der Waals surface area contributed by atoms with Crippen LogP contribution < -0.4 is 0 Å². The fourth-order valence-corrected chi connectivity index (χ4v) is 4.49. The molecule has 3 heteroatoms. The van der Waals surface area contributed by atoms with E-state index in [1.165, 1.54) is 22.5 Å². The van der Waals surface area contributed by atoms with Gasteiger partial charge in [0, 0.05) is 22.6 Å². The maximum atomic E-state index is 6.34. The molecule has 0 bridgehead atoms. The van der Waals surface area contributed by atoms with Crippen LogP contribution in [0.2, 0.25) is 0 Å². The lowest BCUT2D eigenvalue weighted by Gasteiger charge is -2.08. The van der Waals surface area contributed by atoms with E-state index >= 15 is 0 Å². The molecule has 2 aliphatic heterocycles. The summed E-state index contributed by atoms with van der Waals surface area (Å²) in [6.07, 6.45) is 0. The number of rotatable bonds is 2. The Morgan fingerprint density at radius 1 is 0.741 bits per heavy atom. The van der Waals surface area contributed by atoms with Crippen molar-refractivity contribution in [3.05, 3.63) is 112 Å². The van der Waals surface area contributed by atoms with Crippen molar-refractivity contribution in [2.75, 3.05) is 7.05 Å². The van der Waals surface area contributed by atoms with Gasteiger partial charge in [-0.25, -0.2) is 0 Å². The minimum absolute atomic E-state index is 0.905. The lowest BCUT2D eigenvalue weighted by atomic mass is 9.99. The topological polar surface area (TPSA) is 12.2 Å². The first kappa shape index (κ1) is 16.2. The van der Waals surface area contributed by atoms with Crippen molar-refractivity contribution in [3.63, 3.8) is 0 Å². The van der Waals surface area contributed by atoms with E-state index in [9.17, 15) is 0 Å². The van der Waals surface area contributed by atoms with E-state index in [0.717, 1.165) is 22.0 Å². The molecule has 0 saturated heterocycles. The number of benzene rings is 3. The third-order valence-electron chi connectivity index (χ3n) is 4.89. The summed E-state index contributed by atoms with van der Waals surface area (Å²) in [6.45, 7) is 0. The Morgan fingerprint density at radius 2 is 1.37 bits per heavy atom. The quantitative estimate of drug-likeness (QED) is 0.523. The second-order valence-corrected chi connectivity index (χ2v) is 7.36. The molecular formula is C24H18NOS+. The highest BCUT2D eigenvalue weighted by Gasteiger charge is 2.37. The Bertz CT molecular complexity index is 1110. The molecule has 0 N–H and O–H groups in total. The standard InChI is InChI=1S/C24H18NOS/c1-25-20-15-9-8-14-19(20)22(23(25)18-12-6-3-7-13-18)24-26-21(16-27-24)17-10-4-2-5-11-17/h2-16H,1H3/q+1/b24-22+. The molecule has 2 heterocycles. The van der Waals surface area contributed by atoms with Crippen molar-refractivity contribution in [3.8, 4) is 0 Å². The number of fused-ring (bicyclic) bond motifs is 1. The molecule has 5 rings (SSSR count). The third-order valence-corrected chi connectivity index (χ3v) is 5.73. The van der Waals surface area contributed by atoms with Crippen molar-refractivity contribution < 1.29 is 9.31 Å². The summed E-state index contributed by atoms with van der Waals surface area (Å²) in [7, 11) is 2.12. The molecule has 0 saturated carbocycles. The first-order valence-electron chi connectivity index (χ1n) is 8.93. The predicted octanol–water partition coefficient (Wildman–Crippen LogP) is 5.89. The Hall–Kier alpha value is -3.04. The van der Waals surface area contributed by atoms with Gasteiger partial charge in [0.05, 0.1) is 5.56 Å². The molecule has 0 aliphatic carbocycles. The summed E-state index contributed by atoms with van der Waals surface area (Å²) >= 11 is 1.65. The van der Waals surface area contributed by atoms with Gasteiger partial charge in [-0.2, -0.15) is 4.58 Å². The molecule has 3 aromatic rings. The Labute approximate surface area is 163 Å². The molecule has 0 aromatic heterocycles. The van der Waals surface area contributed by atoms with E-state index in [-0.39, 0.29) is 0 Å². The van der Waals surface area contributed by atoms with Gasteiger partial charge < -0.3 is 4.74 Å². The molecule has 27 heavy (non-hydrogen) atoms. The summed E-state index contributed by atoms with van der Waals surface area (Å²) in [5, 5.41) is 3.03. The molecule has 0 radical (unpaired) electrons. The second-order valence-electron chi connectivity index (χ2n) is 6.52. The van der Waals surface area contributed by atoms with Gasteiger partial charge in [-0.15, -0.1) is 0 Å². The summed E-state index contributed by atoms with van der Waals surface area (Å²) in [4.78, 5) is 0. The monoisotopic (exact) mass is 368 g/mol. The summed E-state index contributed by atoms with van der Waals surface area (Å²) < 4.78 is 8.61. The highest BCUT2D eigenvalue weighted by atomic mass is 32.2. The molecule has 0 amide bonds. The van der Waals surface area contributed by atoms with Crippen LogP contribution in [0.15, 0.2) is 95.4 Å². The van der Waals surface area contributed by atoms with Crippen molar-refractivity contribution >= 4 is 34.5 Å². The number of para-hydroxylation sites is 1. The highest BCUT2D eigenvalue weighted by molar-refractivity contribution is 8.06. The van der Waals surface area contributed by atoms with E-state index in [2.05, 4.69) is 83.8 Å². The van der Waals surface area contributed by atoms with Gasteiger partial charge in [0.15, 0.2) is 5.09 Å². The Balaban J connectivity index is 1.65. The average Bonchev–Trinajstić information content (AvgIpc) is 3.33. The third kappa shape index (κ3) is 2.71. The maximum Gasteiger partial charge on any atom is 0.225 e. The molecule has 0 spiro atoms. The predicted molar refractivity (Wildman–Crippen MR) is 113 cm³/mol. The van der Waals surface area contributed by atoms with Gasteiger partial charge >= 0.3 is 0 Å². The molecule has 0 atom stereocenters. The zero-order chi connectivity index (χ0) is 18.2. The van der Waals surface area contributed by atoms with E-state index in [4.69, 9.17) is 4.74 Å². The highest BCUT2D eigenvalue weighted by Crippen LogP contribution is 2.45. The maximum absolute atomic E-state index is 6.34. The summed E-state index contributed by atoms with van der Waals surface area (Å²) in [5.41, 5.74) is 7.05. The van der Waals surface area contributed by atoms with Crippen LogP contribution >= 0.6 is 11.8 Å². The van der Waals surface area contributed by atoms with Crippen LogP contribution in [0.25, 0.3) is 11.3 Å². The zero-order valence-corrected chi connectivity index (χ0v) is 15.7. The second kappa shape index (κ2) is 6.60. The minimum atomic E-state index is 0.905. The van der Waals surface area contributed by atoms with Crippen LogP contribution in [0.3, 0.4) is 0 Å². The largest absolute Gasteiger partial charge is 0.448 e. The van der Waals surface area contributed by atoms with Gasteiger partial charge in [0.1, 0.15) is 18.4 Å². The molecule has 0 unspecified atom stereocenters. The fraction of sp³-hybridized carbons (Fsp3) is 0.0417. The first-order chi connectivity index (χ1) is 13.3. The number of hydrogen-bond donors (Lipinski definition) is 0. The SMILES string of the molecule is C[N+]1=C(c2ccccc2)/C(=C2\OC(c3ccccc3)=CS2)c2ccccc21. The van der Waals surface area contributed by atoms with E-state index < -0.39 is 0 Å². The first-order valence-corrected chi connectivity index (χ1v) is 9.81. The van der Waals surface area contributed by atoms with E-state index in [1.54, 1.807) is 11.8 Å². The van der Waals surface area contributed by atoms with Gasteiger partial charge in [-0.3, -0.25) is 0 Å². The zero-order valence-electron chi connectivity index (χ0n) is 14.9. The number of hydrogen-bond acceptors (Lipinski definition) is 2. The molecular weight excluding hydrogens is 350 g/mol. The molecule has 3 aromatic carbocycles. The van der Waals surface area contributed by atoms with Crippen LogP contribution in [-0.2, 0) is 4.74 Å². The lowest BCUT2D eigenvalue weighted by molar-refractivity contribution is -0.400. The number of nitrogens with zero attached hydrogens (tertiary/aromatic N) is 1. The lowest BCUT2D eigenvalue weighted by Crippen LogP contribution is -2.11. The van der Waals surface area contributed by atoms with Crippen LogP contribution in [-0.4, -0.2) is 17.3 Å². The van der Waals surface area contributed by atoms with Crippen molar-refractivity contribution in [2.45, 2.75) is 0 Å². The summed E-state index contributed by atoms with van der Waals surface area (Å²) in [6, 6.07) is 29.3. The van der Waals surface area contributed by atoms with Crippen LogP contribution in [0.5, 0.6) is 0 Å². The van der Waals surface area contributed by atoms with Crippen LogP contribution in [0, 0.1) is 0 Å². The van der Waals surface area contributed by atoms with Crippen LogP contribution in [0.4, 0.5) is 5.69 Å². The molecule has 0 fully saturated rings. The summed E-state index contributed by atoms with van der Waals surface area (Å²) in [5.74, 6) is 0.905. The molecule has 130 valence electrons. The molecule has 2 aliphatic rings. The molecule has 2 nitrogen and oxygen atoms in total. The average molecular weight is 368 g/mol. The van der Waals surface area contributed by atoms with Crippen LogP contribution in [0.1, 0.15) is 16.7 Å².